The largest absolute Gasteiger partial charge is 0.487 e. The van der Waals surface area contributed by atoms with E-state index in [1.807, 2.05) is 30.3 Å². The van der Waals surface area contributed by atoms with Gasteiger partial charge in [-0.3, -0.25) is 4.68 Å². The van der Waals surface area contributed by atoms with Gasteiger partial charge in [-0.05, 0) is 39.2 Å². The zero-order chi connectivity index (χ0) is 16.1. The number of aromatic nitrogens is 2. The predicted molar refractivity (Wildman–Crippen MR) is 91.6 cm³/mol. The molecule has 0 aliphatic carbocycles. The fraction of sp³-hybridized carbons (Fsp3) is 0.500. The summed E-state index contributed by atoms with van der Waals surface area (Å²) >= 11 is 0. The third-order valence-corrected chi connectivity index (χ3v) is 4.18. The molecule has 1 aromatic heterocycles. The molecule has 0 saturated heterocycles. The summed E-state index contributed by atoms with van der Waals surface area (Å²) in [6.45, 7) is 4.53. The molecule has 3 rings (SSSR count). The van der Waals surface area contributed by atoms with Crippen LogP contribution in [0.25, 0.3) is 0 Å². The van der Waals surface area contributed by atoms with Gasteiger partial charge in [-0.15, -0.1) is 0 Å². The molecule has 5 nitrogen and oxygen atoms in total. The Labute approximate surface area is 138 Å². The second-order valence-electron chi connectivity index (χ2n) is 6.28. The molecule has 1 aliphatic rings. The number of aryl methyl sites for hydroxylation is 1. The normalized spacial score (nSPS) is 14.0. The van der Waals surface area contributed by atoms with Crippen LogP contribution in [0.5, 0.6) is 5.75 Å². The van der Waals surface area contributed by atoms with E-state index in [1.165, 1.54) is 11.3 Å². The topological polar surface area (TPSA) is 42.3 Å². The van der Waals surface area contributed by atoms with Crippen LogP contribution in [0.1, 0.15) is 23.4 Å². The number of rotatable bonds is 7. The molecule has 0 atom stereocenters. The Morgan fingerprint density at radius 3 is 2.87 bits per heavy atom. The number of benzene rings is 1. The van der Waals surface area contributed by atoms with Gasteiger partial charge in [0.25, 0.3) is 0 Å². The van der Waals surface area contributed by atoms with Gasteiger partial charge in [0, 0.05) is 37.3 Å². The van der Waals surface area contributed by atoms with E-state index >= 15 is 0 Å². The van der Waals surface area contributed by atoms with Crippen LogP contribution in [0.2, 0.25) is 0 Å². The van der Waals surface area contributed by atoms with E-state index in [2.05, 4.69) is 29.0 Å². The Bertz CT molecular complexity index is 621. The highest BCUT2D eigenvalue weighted by Crippen LogP contribution is 2.21. The van der Waals surface area contributed by atoms with Crippen molar-refractivity contribution in [3.63, 3.8) is 0 Å². The first-order valence-corrected chi connectivity index (χ1v) is 8.35. The van der Waals surface area contributed by atoms with Crippen LogP contribution in [0.3, 0.4) is 0 Å². The fourth-order valence-corrected chi connectivity index (χ4v) is 3.00. The number of ether oxygens (including phenoxy) is 1. The third kappa shape index (κ3) is 4.12. The minimum absolute atomic E-state index is 0.536. The molecule has 0 unspecified atom stereocenters. The number of hydrogen-bond donors (Lipinski definition) is 1. The van der Waals surface area contributed by atoms with Gasteiger partial charge < -0.3 is 15.0 Å². The lowest BCUT2D eigenvalue weighted by molar-refractivity contribution is 0.297. The first-order chi connectivity index (χ1) is 11.2. The SMILES string of the molecule is CN(C)CCCn1nc(COc2ccccc2)c2c1CCNC2. The fourth-order valence-electron chi connectivity index (χ4n) is 3.00. The number of para-hydroxylation sites is 1. The smallest absolute Gasteiger partial charge is 0.132 e. The zero-order valence-corrected chi connectivity index (χ0v) is 14.1. The van der Waals surface area contributed by atoms with Crippen molar-refractivity contribution in [2.24, 2.45) is 0 Å². The molecule has 0 spiro atoms. The van der Waals surface area contributed by atoms with Crippen LogP contribution in [0.4, 0.5) is 0 Å². The summed E-state index contributed by atoms with van der Waals surface area (Å²) in [5.74, 6) is 0.896. The van der Waals surface area contributed by atoms with Gasteiger partial charge in [-0.1, -0.05) is 18.2 Å². The van der Waals surface area contributed by atoms with Crippen molar-refractivity contribution in [2.45, 2.75) is 32.5 Å². The van der Waals surface area contributed by atoms with Crippen molar-refractivity contribution in [3.05, 3.63) is 47.3 Å². The van der Waals surface area contributed by atoms with Crippen LogP contribution in [0, 0.1) is 0 Å². The number of nitrogens with zero attached hydrogens (tertiary/aromatic N) is 3. The highest BCUT2D eigenvalue weighted by atomic mass is 16.5. The summed E-state index contributed by atoms with van der Waals surface area (Å²) in [7, 11) is 4.23. The first kappa shape index (κ1) is 16.0. The van der Waals surface area contributed by atoms with Crippen LogP contribution < -0.4 is 10.1 Å². The summed E-state index contributed by atoms with van der Waals surface area (Å²) < 4.78 is 8.10. The zero-order valence-electron chi connectivity index (χ0n) is 14.1. The number of nitrogens with one attached hydrogen (secondary N) is 1. The van der Waals surface area contributed by atoms with Crippen molar-refractivity contribution in [2.75, 3.05) is 27.2 Å². The van der Waals surface area contributed by atoms with Crippen molar-refractivity contribution in [1.82, 2.24) is 20.0 Å². The lowest BCUT2D eigenvalue weighted by Crippen LogP contribution is -2.25. The van der Waals surface area contributed by atoms with Gasteiger partial charge in [0.1, 0.15) is 18.1 Å². The quantitative estimate of drug-likeness (QED) is 0.849. The molecule has 1 aliphatic heterocycles. The van der Waals surface area contributed by atoms with Gasteiger partial charge in [0.15, 0.2) is 0 Å². The van der Waals surface area contributed by atoms with Gasteiger partial charge in [0.2, 0.25) is 0 Å². The molecule has 5 heteroatoms. The maximum atomic E-state index is 5.90. The van der Waals surface area contributed by atoms with E-state index in [4.69, 9.17) is 9.84 Å². The Morgan fingerprint density at radius 2 is 2.09 bits per heavy atom. The predicted octanol–water partition coefficient (Wildman–Crippen LogP) is 2.06. The van der Waals surface area contributed by atoms with E-state index < -0.39 is 0 Å². The molecular weight excluding hydrogens is 288 g/mol. The number of hydrogen-bond acceptors (Lipinski definition) is 4. The molecule has 0 saturated carbocycles. The van der Waals surface area contributed by atoms with Gasteiger partial charge in [-0.2, -0.15) is 5.10 Å². The molecule has 0 amide bonds. The van der Waals surface area contributed by atoms with Crippen LogP contribution >= 0.6 is 0 Å². The lowest BCUT2D eigenvalue weighted by atomic mass is 10.1. The third-order valence-electron chi connectivity index (χ3n) is 4.18. The molecule has 1 aromatic carbocycles. The van der Waals surface area contributed by atoms with E-state index in [0.29, 0.717) is 6.61 Å². The Hall–Kier alpha value is -1.85. The minimum Gasteiger partial charge on any atom is -0.487 e. The molecule has 0 radical (unpaired) electrons. The van der Waals surface area contributed by atoms with Gasteiger partial charge in [0.05, 0.1) is 0 Å². The Balaban J connectivity index is 1.70. The van der Waals surface area contributed by atoms with Crippen molar-refractivity contribution in [3.8, 4) is 5.75 Å². The molecule has 2 aromatic rings. The highest BCUT2D eigenvalue weighted by molar-refractivity contribution is 5.29. The average Bonchev–Trinajstić information content (AvgIpc) is 2.92. The minimum atomic E-state index is 0.536. The van der Waals surface area contributed by atoms with Crippen molar-refractivity contribution < 1.29 is 4.74 Å². The molecule has 2 heterocycles. The van der Waals surface area contributed by atoms with Crippen molar-refractivity contribution in [1.29, 1.82) is 0 Å². The molecule has 23 heavy (non-hydrogen) atoms. The van der Waals surface area contributed by atoms with E-state index in [1.54, 1.807) is 0 Å². The maximum absolute atomic E-state index is 5.90. The second-order valence-corrected chi connectivity index (χ2v) is 6.28. The Morgan fingerprint density at radius 1 is 1.26 bits per heavy atom. The van der Waals surface area contributed by atoms with Crippen molar-refractivity contribution >= 4 is 0 Å². The summed E-state index contributed by atoms with van der Waals surface area (Å²) in [5, 5.41) is 8.29. The van der Waals surface area contributed by atoms with E-state index in [-0.39, 0.29) is 0 Å². The molecule has 0 fully saturated rings. The first-order valence-electron chi connectivity index (χ1n) is 8.35. The summed E-state index contributed by atoms with van der Waals surface area (Å²) in [4.78, 5) is 2.22. The van der Waals surface area contributed by atoms with E-state index in [0.717, 1.165) is 50.5 Å². The lowest BCUT2D eigenvalue weighted by Gasteiger charge is -2.16. The standard InChI is InChI=1S/C18H26N4O/c1-21(2)11-6-12-22-18-9-10-19-13-16(18)17(20-22)14-23-15-7-4-3-5-8-15/h3-5,7-8,19H,6,9-14H2,1-2H3. The monoisotopic (exact) mass is 314 g/mol. The van der Waals surface area contributed by atoms with Gasteiger partial charge in [-0.25, -0.2) is 0 Å². The van der Waals surface area contributed by atoms with Gasteiger partial charge >= 0.3 is 0 Å². The summed E-state index contributed by atoms with van der Waals surface area (Å²) in [6.07, 6.45) is 2.17. The number of fused-ring (bicyclic) bond motifs is 1. The summed E-state index contributed by atoms with van der Waals surface area (Å²) in [5.41, 5.74) is 3.78. The van der Waals surface area contributed by atoms with Crippen LogP contribution in [-0.4, -0.2) is 41.9 Å². The maximum Gasteiger partial charge on any atom is 0.132 e. The molecule has 124 valence electrons. The Kier molecular flexibility index (Phi) is 5.31. The van der Waals surface area contributed by atoms with Crippen LogP contribution in [0.15, 0.2) is 30.3 Å². The molecule has 0 bridgehead atoms. The summed E-state index contributed by atoms with van der Waals surface area (Å²) in [6, 6.07) is 9.95. The van der Waals surface area contributed by atoms with E-state index in [9.17, 15) is 0 Å². The molecule has 1 N–H and O–H groups in total. The average molecular weight is 314 g/mol. The second kappa shape index (κ2) is 7.62. The van der Waals surface area contributed by atoms with Crippen LogP contribution in [-0.2, 0) is 26.1 Å². The molecular formula is C18H26N4O. The highest BCUT2D eigenvalue weighted by Gasteiger charge is 2.20.